The van der Waals surface area contributed by atoms with Gasteiger partial charge in [-0.05, 0) is 38.1 Å². The third-order valence-corrected chi connectivity index (χ3v) is 7.42. The number of methoxy groups -OCH3 is 1. The van der Waals surface area contributed by atoms with Crippen molar-refractivity contribution in [1.29, 1.82) is 0 Å². The summed E-state index contributed by atoms with van der Waals surface area (Å²) in [6.07, 6.45) is 3.77. The number of ether oxygens (including phenoxy) is 2. The van der Waals surface area contributed by atoms with Crippen LogP contribution in [-0.2, 0) is 0 Å². The van der Waals surface area contributed by atoms with Gasteiger partial charge >= 0.3 is 0 Å². The lowest BCUT2D eigenvalue weighted by Gasteiger charge is -2.43. The van der Waals surface area contributed by atoms with E-state index < -0.39 is 0 Å². The molecule has 2 heterocycles. The molecule has 0 unspecified atom stereocenters. The Morgan fingerprint density at radius 2 is 1.91 bits per heavy atom. The molecule has 0 aliphatic carbocycles. The number of quaternary nitrogens is 1. The molecular formula is C25H31BrFN4O2+. The summed E-state index contributed by atoms with van der Waals surface area (Å²) in [4.78, 5) is 8.72. The molecule has 33 heavy (non-hydrogen) atoms. The first-order valence-electron chi connectivity index (χ1n) is 11.3. The number of hydrogen-bond acceptors (Lipinski definition) is 5. The lowest BCUT2D eigenvalue weighted by molar-refractivity contribution is -0.935. The minimum Gasteiger partial charge on any atom is -0.493 e. The quantitative estimate of drug-likeness (QED) is 0.393. The van der Waals surface area contributed by atoms with Crippen LogP contribution in [-0.4, -0.2) is 54.3 Å². The predicted octanol–water partition coefficient (Wildman–Crippen LogP) is 5.93. The van der Waals surface area contributed by atoms with Gasteiger partial charge in [-0.25, -0.2) is 14.4 Å². The smallest absolute Gasteiger partial charge is 0.163 e. The summed E-state index contributed by atoms with van der Waals surface area (Å²) in [6, 6.07) is 9.20. The van der Waals surface area contributed by atoms with E-state index in [1.165, 1.54) is 25.5 Å². The van der Waals surface area contributed by atoms with Crippen LogP contribution in [0.5, 0.6) is 11.5 Å². The van der Waals surface area contributed by atoms with Crippen LogP contribution in [0.1, 0.15) is 26.7 Å². The van der Waals surface area contributed by atoms with Crippen LogP contribution in [0.2, 0.25) is 0 Å². The van der Waals surface area contributed by atoms with E-state index in [-0.39, 0.29) is 5.82 Å². The van der Waals surface area contributed by atoms with Gasteiger partial charge in [0, 0.05) is 34.7 Å². The van der Waals surface area contributed by atoms with Crippen LogP contribution in [0.4, 0.5) is 15.9 Å². The Morgan fingerprint density at radius 3 is 2.58 bits per heavy atom. The van der Waals surface area contributed by atoms with Crippen LogP contribution in [0, 0.1) is 11.7 Å². The third kappa shape index (κ3) is 5.22. The fourth-order valence-corrected chi connectivity index (χ4v) is 4.59. The first kappa shape index (κ1) is 23.7. The lowest BCUT2D eigenvalue weighted by atomic mass is 9.95. The standard InChI is InChI=1S/C25H31BrFN4O2/c1-16(2)31(3)9-7-17(8-10-31)14-33-24-13-22-19(12-23(24)32-4)25(29-15-28-22)30-21-6-5-18(26)11-20(21)27/h5-6,11-13,15-17H,7-10,14H2,1-4H3,(H,28,29,30)/q+1. The molecule has 176 valence electrons. The minimum absolute atomic E-state index is 0.335. The third-order valence-electron chi connectivity index (χ3n) is 6.92. The van der Waals surface area contributed by atoms with Crippen molar-refractivity contribution in [3.8, 4) is 11.5 Å². The Kier molecular flexibility index (Phi) is 7.05. The van der Waals surface area contributed by atoms with E-state index in [0.29, 0.717) is 51.6 Å². The zero-order chi connectivity index (χ0) is 23.6. The molecule has 0 atom stereocenters. The second kappa shape index (κ2) is 9.81. The summed E-state index contributed by atoms with van der Waals surface area (Å²) in [5.74, 6) is 1.93. The average molecular weight is 518 g/mol. The van der Waals surface area contributed by atoms with Gasteiger partial charge in [-0.3, -0.25) is 0 Å². The van der Waals surface area contributed by atoms with Crippen molar-refractivity contribution >= 4 is 38.3 Å². The van der Waals surface area contributed by atoms with Gasteiger partial charge in [0.25, 0.3) is 0 Å². The van der Waals surface area contributed by atoms with Crippen molar-refractivity contribution in [2.45, 2.75) is 32.7 Å². The van der Waals surface area contributed by atoms with Crippen LogP contribution in [0.25, 0.3) is 10.9 Å². The normalized spacial score (nSPS) is 20.8. The second-order valence-electron chi connectivity index (χ2n) is 9.27. The number of piperidine rings is 1. The fraction of sp³-hybridized carbons (Fsp3) is 0.440. The van der Waals surface area contributed by atoms with Crippen LogP contribution in [0.3, 0.4) is 0 Å². The van der Waals surface area contributed by atoms with E-state index >= 15 is 0 Å². The highest BCUT2D eigenvalue weighted by atomic mass is 79.9. The number of likely N-dealkylation sites (tertiary alicyclic amines) is 1. The monoisotopic (exact) mass is 517 g/mol. The van der Waals surface area contributed by atoms with Gasteiger partial charge in [-0.1, -0.05) is 15.9 Å². The molecule has 0 amide bonds. The zero-order valence-electron chi connectivity index (χ0n) is 19.6. The molecule has 1 N–H and O–H groups in total. The predicted molar refractivity (Wildman–Crippen MR) is 133 cm³/mol. The molecule has 0 bridgehead atoms. The molecule has 8 heteroatoms. The van der Waals surface area contributed by atoms with Gasteiger partial charge in [0.1, 0.15) is 18.0 Å². The molecule has 1 saturated heterocycles. The van der Waals surface area contributed by atoms with Gasteiger partial charge in [0.2, 0.25) is 0 Å². The molecule has 2 aromatic carbocycles. The molecule has 1 aliphatic rings. The summed E-state index contributed by atoms with van der Waals surface area (Å²) in [5, 5.41) is 3.80. The molecule has 6 nitrogen and oxygen atoms in total. The highest BCUT2D eigenvalue weighted by Crippen LogP contribution is 2.36. The van der Waals surface area contributed by atoms with Gasteiger partial charge in [-0.15, -0.1) is 0 Å². The van der Waals surface area contributed by atoms with Crippen molar-refractivity contribution < 1.29 is 18.3 Å². The van der Waals surface area contributed by atoms with E-state index in [1.807, 2.05) is 12.1 Å². The van der Waals surface area contributed by atoms with E-state index in [2.05, 4.69) is 52.1 Å². The van der Waals surface area contributed by atoms with Crippen LogP contribution in [0.15, 0.2) is 41.1 Å². The Morgan fingerprint density at radius 1 is 1.15 bits per heavy atom. The number of anilines is 2. The molecule has 0 spiro atoms. The average Bonchev–Trinajstić information content (AvgIpc) is 2.80. The van der Waals surface area contributed by atoms with Crippen molar-refractivity contribution in [2.24, 2.45) is 5.92 Å². The van der Waals surface area contributed by atoms with E-state index in [4.69, 9.17) is 9.47 Å². The van der Waals surface area contributed by atoms with Crippen molar-refractivity contribution in [3.05, 3.63) is 46.9 Å². The number of rotatable bonds is 7. The van der Waals surface area contributed by atoms with Crippen molar-refractivity contribution in [3.63, 3.8) is 0 Å². The minimum atomic E-state index is -0.372. The number of nitrogens with one attached hydrogen (secondary N) is 1. The fourth-order valence-electron chi connectivity index (χ4n) is 4.26. The largest absolute Gasteiger partial charge is 0.493 e. The number of hydrogen-bond donors (Lipinski definition) is 1. The lowest BCUT2D eigenvalue weighted by Crippen LogP contribution is -2.54. The Labute approximate surface area is 202 Å². The van der Waals surface area contributed by atoms with Crippen molar-refractivity contribution in [2.75, 3.05) is 39.2 Å². The molecular weight excluding hydrogens is 487 g/mol. The number of benzene rings is 2. The molecule has 1 aromatic heterocycles. The first-order valence-corrected chi connectivity index (χ1v) is 12.1. The van der Waals surface area contributed by atoms with Gasteiger partial charge in [0.05, 0.1) is 51.1 Å². The van der Waals surface area contributed by atoms with Crippen LogP contribution < -0.4 is 14.8 Å². The maximum atomic E-state index is 14.3. The topological polar surface area (TPSA) is 56.3 Å². The first-order chi connectivity index (χ1) is 15.8. The van der Waals surface area contributed by atoms with Gasteiger partial charge < -0.3 is 19.3 Å². The Bertz CT molecular complexity index is 1130. The maximum absolute atomic E-state index is 14.3. The number of fused-ring (bicyclic) bond motifs is 1. The number of aromatic nitrogens is 2. The summed E-state index contributed by atoms with van der Waals surface area (Å²) in [6.45, 7) is 7.60. The summed E-state index contributed by atoms with van der Waals surface area (Å²) >= 11 is 3.28. The molecule has 1 fully saturated rings. The Hall–Kier alpha value is -2.45. The summed E-state index contributed by atoms with van der Waals surface area (Å²) < 4.78 is 28.0. The SMILES string of the molecule is COc1cc2c(Nc3ccc(Br)cc3F)ncnc2cc1OCC1CC[N+](C)(C(C)C)CC1. The molecule has 4 rings (SSSR count). The highest BCUT2D eigenvalue weighted by Gasteiger charge is 2.32. The molecule has 0 radical (unpaired) electrons. The van der Waals surface area contributed by atoms with Gasteiger partial charge in [0.15, 0.2) is 11.5 Å². The van der Waals surface area contributed by atoms with E-state index in [1.54, 1.807) is 19.2 Å². The summed E-state index contributed by atoms with van der Waals surface area (Å²) in [7, 11) is 3.96. The number of halogens is 2. The summed E-state index contributed by atoms with van der Waals surface area (Å²) in [5.41, 5.74) is 1.04. The molecule has 1 aliphatic heterocycles. The van der Waals surface area contributed by atoms with E-state index in [0.717, 1.165) is 22.7 Å². The second-order valence-corrected chi connectivity index (χ2v) is 10.2. The van der Waals surface area contributed by atoms with Crippen molar-refractivity contribution in [1.82, 2.24) is 9.97 Å². The number of nitrogens with zero attached hydrogens (tertiary/aromatic N) is 3. The zero-order valence-corrected chi connectivity index (χ0v) is 21.2. The van der Waals surface area contributed by atoms with Crippen LogP contribution >= 0.6 is 15.9 Å². The molecule has 3 aromatic rings. The van der Waals surface area contributed by atoms with E-state index in [9.17, 15) is 4.39 Å². The van der Waals surface area contributed by atoms with Gasteiger partial charge in [-0.2, -0.15) is 0 Å². The highest BCUT2D eigenvalue weighted by molar-refractivity contribution is 9.10. The molecule has 0 saturated carbocycles. The maximum Gasteiger partial charge on any atom is 0.163 e. The Balaban J connectivity index is 1.52.